The molecule has 2 atom stereocenters. The Kier molecular flexibility index (Phi) is 4.16. The summed E-state index contributed by atoms with van der Waals surface area (Å²) in [7, 11) is 1.70. The number of nitriles is 1. The summed E-state index contributed by atoms with van der Waals surface area (Å²) >= 11 is 0. The average Bonchev–Trinajstić information content (AvgIpc) is 2.38. The maximum Gasteiger partial charge on any atom is 0.128 e. The molecule has 0 heterocycles. The number of ether oxygens (including phenoxy) is 2. The van der Waals surface area contributed by atoms with Crippen molar-refractivity contribution >= 4 is 0 Å². The van der Waals surface area contributed by atoms with Gasteiger partial charge in [-0.15, -0.1) is 0 Å². The van der Waals surface area contributed by atoms with Crippen LogP contribution in [-0.2, 0) is 4.74 Å². The molecule has 0 bridgehead atoms. The van der Waals surface area contributed by atoms with Gasteiger partial charge < -0.3 is 9.47 Å². The predicted octanol–water partition coefficient (Wildman–Crippen LogP) is 3.03. The van der Waals surface area contributed by atoms with Crippen LogP contribution in [0.4, 0.5) is 4.39 Å². The fourth-order valence-electron chi connectivity index (χ4n) is 2.31. The molecule has 0 amide bonds. The Morgan fingerprint density at radius 3 is 2.78 bits per heavy atom. The van der Waals surface area contributed by atoms with Crippen molar-refractivity contribution in [2.24, 2.45) is 0 Å². The lowest BCUT2D eigenvalue weighted by Crippen LogP contribution is -2.29. The van der Waals surface area contributed by atoms with Crippen LogP contribution in [0.3, 0.4) is 0 Å². The Hall–Kier alpha value is -1.60. The van der Waals surface area contributed by atoms with Gasteiger partial charge in [0.1, 0.15) is 17.7 Å². The highest BCUT2D eigenvalue weighted by Gasteiger charge is 2.23. The third-order valence-corrected chi connectivity index (χ3v) is 3.21. The molecule has 0 N–H and O–H groups in total. The zero-order chi connectivity index (χ0) is 13.0. The number of hydrogen-bond acceptors (Lipinski definition) is 3. The van der Waals surface area contributed by atoms with Crippen LogP contribution < -0.4 is 4.74 Å². The summed E-state index contributed by atoms with van der Waals surface area (Å²) in [6, 6.07) is 6.01. The molecule has 3 nitrogen and oxygen atoms in total. The van der Waals surface area contributed by atoms with E-state index in [2.05, 4.69) is 0 Å². The van der Waals surface area contributed by atoms with Crippen molar-refractivity contribution in [3.8, 4) is 11.8 Å². The molecule has 1 fully saturated rings. The first-order valence-corrected chi connectivity index (χ1v) is 6.11. The molecule has 1 aromatic carbocycles. The highest BCUT2D eigenvalue weighted by molar-refractivity contribution is 5.37. The van der Waals surface area contributed by atoms with Gasteiger partial charge >= 0.3 is 0 Å². The molecule has 2 rings (SSSR count). The summed E-state index contributed by atoms with van der Waals surface area (Å²) in [4.78, 5) is 0. The first-order chi connectivity index (χ1) is 8.71. The van der Waals surface area contributed by atoms with E-state index in [1.807, 2.05) is 6.07 Å². The molecular weight excluding hydrogens is 233 g/mol. The Morgan fingerprint density at radius 2 is 2.06 bits per heavy atom. The minimum Gasteiger partial charge on any atom is -0.490 e. The lowest BCUT2D eigenvalue weighted by molar-refractivity contribution is 0.0209. The van der Waals surface area contributed by atoms with Gasteiger partial charge in [-0.1, -0.05) is 0 Å². The third kappa shape index (κ3) is 3.21. The van der Waals surface area contributed by atoms with E-state index in [1.165, 1.54) is 12.1 Å². The summed E-state index contributed by atoms with van der Waals surface area (Å²) in [5.41, 5.74) is 0.282. The molecule has 0 radical (unpaired) electrons. The quantitative estimate of drug-likeness (QED) is 0.826. The van der Waals surface area contributed by atoms with Crippen molar-refractivity contribution in [3.63, 3.8) is 0 Å². The smallest absolute Gasteiger partial charge is 0.128 e. The largest absolute Gasteiger partial charge is 0.490 e. The van der Waals surface area contributed by atoms with E-state index in [4.69, 9.17) is 14.7 Å². The molecule has 1 aliphatic rings. The number of nitrogens with zero attached hydrogens (tertiary/aromatic N) is 1. The van der Waals surface area contributed by atoms with Gasteiger partial charge in [0, 0.05) is 19.6 Å². The number of hydrogen-bond donors (Lipinski definition) is 0. The van der Waals surface area contributed by atoms with E-state index in [0.29, 0.717) is 5.75 Å². The van der Waals surface area contributed by atoms with Crippen LogP contribution in [0.5, 0.6) is 5.75 Å². The van der Waals surface area contributed by atoms with Gasteiger partial charge in [0.15, 0.2) is 0 Å². The van der Waals surface area contributed by atoms with E-state index < -0.39 is 5.82 Å². The highest BCUT2D eigenvalue weighted by atomic mass is 19.1. The first-order valence-electron chi connectivity index (χ1n) is 6.11. The van der Waals surface area contributed by atoms with Crippen molar-refractivity contribution in [2.45, 2.75) is 37.9 Å². The molecule has 4 heteroatoms. The van der Waals surface area contributed by atoms with E-state index >= 15 is 0 Å². The fraction of sp³-hybridized carbons (Fsp3) is 0.500. The van der Waals surface area contributed by atoms with Gasteiger partial charge in [0.25, 0.3) is 0 Å². The standard InChI is InChI=1S/C14H16FNO2/c1-17-12-3-2-4-13(8-12)18-14-6-10(9-16)5-11(15)7-14/h5-7,12-13H,2-4,8H2,1H3. The molecule has 2 unspecified atom stereocenters. The molecule has 0 aromatic heterocycles. The summed E-state index contributed by atoms with van der Waals surface area (Å²) in [6.45, 7) is 0. The Labute approximate surface area is 106 Å². The van der Waals surface area contributed by atoms with Crippen LogP contribution >= 0.6 is 0 Å². The minimum atomic E-state index is -0.442. The summed E-state index contributed by atoms with van der Waals surface area (Å²) < 4.78 is 24.3. The molecule has 0 spiro atoms. The van der Waals surface area contributed by atoms with Gasteiger partial charge in [-0.05, 0) is 31.4 Å². The fourth-order valence-corrected chi connectivity index (χ4v) is 2.31. The van der Waals surface area contributed by atoms with E-state index in [9.17, 15) is 4.39 Å². The summed E-state index contributed by atoms with van der Waals surface area (Å²) in [5, 5.41) is 8.78. The van der Waals surface area contributed by atoms with Gasteiger partial charge in [-0.25, -0.2) is 4.39 Å². The van der Waals surface area contributed by atoms with Gasteiger partial charge in [0.2, 0.25) is 0 Å². The Balaban J connectivity index is 2.05. The second-order valence-corrected chi connectivity index (χ2v) is 4.55. The van der Waals surface area contributed by atoms with Gasteiger partial charge in [-0.3, -0.25) is 0 Å². The monoisotopic (exact) mass is 249 g/mol. The van der Waals surface area contributed by atoms with Crippen LogP contribution in [0.25, 0.3) is 0 Å². The summed E-state index contributed by atoms with van der Waals surface area (Å²) in [6.07, 6.45) is 4.10. The van der Waals surface area contributed by atoms with Crippen molar-refractivity contribution in [1.29, 1.82) is 5.26 Å². The lowest BCUT2D eigenvalue weighted by Gasteiger charge is -2.28. The molecule has 0 saturated heterocycles. The Morgan fingerprint density at radius 1 is 1.28 bits per heavy atom. The van der Waals surface area contributed by atoms with E-state index in [-0.39, 0.29) is 17.8 Å². The van der Waals surface area contributed by atoms with Crippen molar-refractivity contribution in [1.82, 2.24) is 0 Å². The Bertz CT molecular complexity index is 456. The zero-order valence-electron chi connectivity index (χ0n) is 10.4. The van der Waals surface area contributed by atoms with Crippen molar-refractivity contribution in [2.75, 3.05) is 7.11 Å². The molecule has 18 heavy (non-hydrogen) atoms. The normalized spacial score (nSPS) is 23.4. The van der Waals surface area contributed by atoms with Crippen LogP contribution in [0, 0.1) is 17.1 Å². The molecule has 96 valence electrons. The van der Waals surface area contributed by atoms with E-state index in [0.717, 1.165) is 25.7 Å². The maximum absolute atomic E-state index is 13.3. The summed E-state index contributed by atoms with van der Waals surface area (Å²) in [5.74, 6) is -0.0172. The topological polar surface area (TPSA) is 42.2 Å². The van der Waals surface area contributed by atoms with Gasteiger partial charge in [-0.2, -0.15) is 5.26 Å². The number of halogens is 1. The predicted molar refractivity (Wildman–Crippen MR) is 64.8 cm³/mol. The molecule has 1 aromatic rings. The van der Waals surface area contributed by atoms with Crippen molar-refractivity contribution in [3.05, 3.63) is 29.6 Å². The van der Waals surface area contributed by atoms with Crippen LogP contribution in [0.1, 0.15) is 31.2 Å². The average molecular weight is 249 g/mol. The number of benzene rings is 1. The number of rotatable bonds is 3. The molecule has 0 aliphatic heterocycles. The second kappa shape index (κ2) is 5.83. The SMILES string of the molecule is COC1CCCC(Oc2cc(F)cc(C#N)c2)C1. The maximum atomic E-state index is 13.3. The first kappa shape index (κ1) is 12.8. The third-order valence-electron chi connectivity index (χ3n) is 3.21. The lowest BCUT2D eigenvalue weighted by atomic mass is 9.95. The molecule has 1 aliphatic carbocycles. The number of methoxy groups -OCH3 is 1. The van der Waals surface area contributed by atoms with Crippen LogP contribution in [-0.4, -0.2) is 19.3 Å². The van der Waals surface area contributed by atoms with Crippen LogP contribution in [0.15, 0.2) is 18.2 Å². The van der Waals surface area contributed by atoms with E-state index in [1.54, 1.807) is 13.2 Å². The zero-order valence-corrected chi connectivity index (χ0v) is 10.4. The minimum absolute atomic E-state index is 0.0389. The van der Waals surface area contributed by atoms with Gasteiger partial charge in [0.05, 0.1) is 17.7 Å². The molecular formula is C14H16FNO2. The van der Waals surface area contributed by atoms with Crippen LogP contribution in [0.2, 0.25) is 0 Å². The van der Waals surface area contributed by atoms with Crippen molar-refractivity contribution < 1.29 is 13.9 Å². The second-order valence-electron chi connectivity index (χ2n) is 4.55. The highest BCUT2D eigenvalue weighted by Crippen LogP contribution is 2.26. The molecule has 1 saturated carbocycles.